The van der Waals surface area contributed by atoms with E-state index in [-0.39, 0.29) is 12.2 Å². The lowest BCUT2D eigenvalue weighted by Gasteiger charge is -2.04. The lowest BCUT2D eigenvalue weighted by atomic mass is 10.2. The second-order valence-electron chi connectivity index (χ2n) is 3.43. The van der Waals surface area contributed by atoms with E-state index in [1.165, 1.54) is 17.5 Å². The molecule has 0 amide bonds. The number of thiophene rings is 1. The van der Waals surface area contributed by atoms with Crippen molar-refractivity contribution in [3.05, 3.63) is 54.8 Å². The first-order valence-corrected chi connectivity index (χ1v) is 6.74. The van der Waals surface area contributed by atoms with E-state index in [4.69, 9.17) is 4.74 Å². The monoisotopic (exact) mass is 342 g/mol. The summed E-state index contributed by atoms with van der Waals surface area (Å²) >= 11 is 4.58. The van der Waals surface area contributed by atoms with Crippen molar-refractivity contribution < 1.29 is 14.5 Å². The molecule has 0 aliphatic carbocycles. The van der Waals surface area contributed by atoms with Gasteiger partial charge in [-0.2, -0.15) is 0 Å². The van der Waals surface area contributed by atoms with E-state index in [9.17, 15) is 14.9 Å². The molecule has 2 aromatic heterocycles. The van der Waals surface area contributed by atoms with E-state index in [1.54, 1.807) is 0 Å². The van der Waals surface area contributed by atoms with Crippen LogP contribution in [-0.2, 0) is 11.3 Å². The number of esters is 1. The molecule has 2 rings (SSSR count). The van der Waals surface area contributed by atoms with Crippen molar-refractivity contribution in [1.82, 2.24) is 4.98 Å². The van der Waals surface area contributed by atoms with Crippen molar-refractivity contribution in [3.63, 3.8) is 0 Å². The van der Waals surface area contributed by atoms with Gasteiger partial charge in [0.1, 0.15) is 6.61 Å². The van der Waals surface area contributed by atoms with Crippen molar-refractivity contribution in [2.75, 3.05) is 0 Å². The molecular formula is C11H7BrN2O4S. The topological polar surface area (TPSA) is 82.3 Å². The molecule has 8 heteroatoms. The Labute approximate surface area is 120 Å². The summed E-state index contributed by atoms with van der Waals surface area (Å²) in [6.45, 7) is 0.138. The zero-order chi connectivity index (χ0) is 13.8. The Morgan fingerprint density at radius 1 is 1.58 bits per heavy atom. The molecule has 0 saturated heterocycles. The minimum Gasteiger partial charge on any atom is -0.456 e. The predicted octanol–water partition coefficient (Wildman–Crippen LogP) is 3.17. The van der Waals surface area contributed by atoms with Gasteiger partial charge in [-0.15, -0.1) is 11.3 Å². The minimum absolute atomic E-state index is 0.0817. The van der Waals surface area contributed by atoms with Crippen LogP contribution in [0.15, 0.2) is 34.2 Å². The second kappa shape index (κ2) is 5.89. The Bertz CT molecular complexity index is 615. The SMILES string of the molecule is O=C(OCc1cccs1)c1cc([N+](=O)[O-])ncc1Br. The first-order chi connectivity index (χ1) is 9.08. The summed E-state index contributed by atoms with van der Waals surface area (Å²) < 4.78 is 5.43. The fraction of sp³-hybridized carbons (Fsp3) is 0.0909. The van der Waals surface area contributed by atoms with Crippen LogP contribution in [0.25, 0.3) is 0 Å². The van der Waals surface area contributed by atoms with Crippen LogP contribution in [0.4, 0.5) is 5.82 Å². The molecule has 0 atom stereocenters. The lowest BCUT2D eigenvalue weighted by molar-refractivity contribution is -0.389. The summed E-state index contributed by atoms with van der Waals surface area (Å²) in [5, 5.41) is 12.5. The molecule has 6 nitrogen and oxygen atoms in total. The van der Waals surface area contributed by atoms with E-state index < -0.39 is 16.7 Å². The highest BCUT2D eigenvalue weighted by atomic mass is 79.9. The third-order valence-corrected chi connectivity index (χ3v) is 3.66. The van der Waals surface area contributed by atoms with Crippen LogP contribution < -0.4 is 0 Å². The number of pyridine rings is 1. The number of hydrogen-bond acceptors (Lipinski definition) is 6. The molecule has 2 heterocycles. The first-order valence-electron chi connectivity index (χ1n) is 5.07. The smallest absolute Gasteiger partial charge is 0.364 e. The maximum absolute atomic E-state index is 11.8. The van der Waals surface area contributed by atoms with Crippen LogP contribution in [0, 0.1) is 10.1 Å². The number of halogens is 1. The van der Waals surface area contributed by atoms with E-state index in [0.29, 0.717) is 4.47 Å². The van der Waals surface area contributed by atoms with Gasteiger partial charge in [-0.25, -0.2) is 4.79 Å². The zero-order valence-electron chi connectivity index (χ0n) is 9.41. The molecule has 0 fully saturated rings. The van der Waals surface area contributed by atoms with Crippen LogP contribution in [-0.4, -0.2) is 15.9 Å². The lowest BCUT2D eigenvalue weighted by Crippen LogP contribution is -2.07. The average Bonchev–Trinajstić information content (AvgIpc) is 2.89. The van der Waals surface area contributed by atoms with Gasteiger partial charge in [-0.1, -0.05) is 6.07 Å². The van der Waals surface area contributed by atoms with E-state index in [1.807, 2.05) is 17.5 Å². The molecule has 0 saturated carbocycles. The third-order valence-electron chi connectivity index (χ3n) is 2.17. The molecule has 0 aliphatic heterocycles. The predicted molar refractivity (Wildman–Crippen MR) is 72.0 cm³/mol. The van der Waals surface area contributed by atoms with Gasteiger partial charge in [0.2, 0.25) is 0 Å². The summed E-state index contributed by atoms with van der Waals surface area (Å²) in [6.07, 6.45) is 1.21. The van der Waals surface area contributed by atoms with Gasteiger partial charge >= 0.3 is 11.8 Å². The zero-order valence-corrected chi connectivity index (χ0v) is 11.8. The van der Waals surface area contributed by atoms with Gasteiger partial charge in [0.15, 0.2) is 6.20 Å². The molecular weight excluding hydrogens is 336 g/mol. The van der Waals surface area contributed by atoms with Crippen molar-refractivity contribution in [1.29, 1.82) is 0 Å². The molecule has 19 heavy (non-hydrogen) atoms. The van der Waals surface area contributed by atoms with Crippen LogP contribution in [0.1, 0.15) is 15.2 Å². The maximum Gasteiger partial charge on any atom is 0.364 e. The number of ether oxygens (including phenoxy) is 1. The minimum atomic E-state index is -0.664. The quantitative estimate of drug-likeness (QED) is 0.484. The Kier molecular flexibility index (Phi) is 4.23. The van der Waals surface area contributed by atoms with E-state index in [0.717, 1.165) is 10.9 Å². The maximum atomic E-state index is 11.8. The Morgan fingerprint density at radius 2 is 2.37 bits per heavy atom. The number of nitrogens with zero attached hydrogens (tertiary/aromatic N) is 2. The number of aromatic nitrogens is 1. The molecule has 2 aromatic rings. The van der Waals surface area contributed by atoms with Crippen molar-refractivity contribution >= 4 is 39.1 Å². The van der Waals surface area contributed by atoms with Crippen molar-refractivity contribution in [3.8, 4) is 0 Å². The summed E-state index contributed by atoms with van der Waals surface area (Å²) in [4.78, 5) is 26.3. The number of carbonyl (C=O) groups is 1. The number of nitro groups is 1. The Morgan fingerprint density at radius 3 is 3.00 bits per heavy atom. The second-order valence-corrected chi connectivity index (χ2v) is 5.32. The molecule has 0 bridgehead atoms. The van der Waals surface area contributed by atoms with Gasteiger partial charge in [-0.3, -0.25) is 0 Å². The number of carbonyl (C=O) groups excluding carboxylic acids is 1. The van der Waals surface area contributed by atoms with E-state index in [2.05, 4.69) is 20.9 Å². The molecule has 0 aromatic carbocycles. The van der Waals surface area contributed by atoms with Gasteiger partial charge in [0, 0.05) is 4.88 Å². The van der Waals surface area contributed by atoms with Gasteiger partial charge in [0.25, 0.3) is 0 Å². The van der Waals surface area contributed by atoms with Crippen LogP contribution in [0.5, 0.6) is 0 Å². The highest BCUT2D eigenvalue weighted by molar-refractivity contribution is 9.10. The number of hydrogen-bond donors (Lipinski definition) is 0. The Balaban J connectivity index is 2.14. The molecule has 0 spiro atoms. The third kappa shape index (κ3) is 3.36. The van der Waals surface area contributed by atoms with E-state index >= 15 is 0 Å². The normalized spacial score (nSPS) is 10.2. The van der Waals surface area contributed by atoms with Crippen molar-refractivity contribution in [2.24, 2.45) is 0 Å². The molecule has 0 unspecified atom stereocenters. The summed E-state index contributed by atoms with van der Waals surface area (Å²) in [5.41, 5.74) is 0.0817. The number of rotatable bonds is 4. The molecule has 0 aliphatic rings. The van der Waals surface area contributed by atoms with Gasteiger partial charge in [0.05, 0.1) is 16.1 Å². The standard InChI is InChI=1S/C11H7BrN2O4S/c12-9-5-13-10(14(16)17)4-8(9)11(15)18-6-7-2-1-3-19-7/h1-5H,6H2. The first kappa shape index (κ1) is 13.6. The van der Waals surface area contributed by atoms with Crippen LogP contribution >= 0.6 is 27.3 Å². The average molecular weight is 343 g/mol. The highest BCUT2D eigenvalue weighted by Gasteiger charge is 2.18. The fourth-order valence-electron chi connectivity index (χ4n) is 1.29. The fourth-order valence-corrected chi connectivity index (χ4v) is 2.29. The van der Waals surface area contributed by atoms with Gasteiger partial charge < -0.3 is 14.9 Å². The molecule has 0 radical (unpaired) electrons. The van der Waals surface area contributed by atoms with Crippen LogP contribution in [0.2, 0.25) is 0 Å². The summed E-state index contributed by atoms with van der Waals surface area (Å²) in [7, 11) is 0. The summed E-state index contributed by atoms with van der Waals surface area (Å²) in [5.74, 6) is -1.03. The van der Waals surface area contributed by atoms with Crippen molar-refractivity contribution in [2.45, 2.75) is 6.61 Å². The molecule has 0 N–H and O–H groups in total. The highest BCUT2D eigenvalue weighted by Crippen LogP contribution is 2.21. The summed E-state index contributed by atoms with van der Waals surface area (Å²) in [6, 6.07) is 4.77. The van der Waals surface area contributed by atoms with Gasteiger partial charge in [-0.05, 0) is 37.3 Å². The Hall–Kier alpha value is -1.80. The van der Waals surface area contributed by atoms with Crippen LogP contribution in [0.3, 0.4) is 0 Å². The molecule has 98 valence electrons. The largest absolute Gasteiger partial charge is 0.456 e.